The second kappa shape index (κ2) is 6.53. The third kappa shape index (κ3) is 3.07. The van der Waals surface area contributed by atoms with E-state index < -0.39 is 5.97 Å². The van der Waals surface area contributed by atoms with E-state index in [1.807, 2.05) is 32.1 Å². The van der Waals surface area contributed by atoms with Crippen molar-refractivity contribution in [3.8, 4) is 12.3 Å². The Morgan fingerprint density at radius 2 is 2.09 bits per heavy atom. The van der Waals surface area contributed by atoms with Crippen molar-refractivity contribution in [3.63, 3.8) is 0 Å². The van der Waals surface area contributed by atoms with Gasteiger partial charge in [0.1, 0.15) is 5.76 Å². The highest BCUT2D eigenvalue weighted by Crippen LogP contribution is 2.41. The lowest BCUT2D eigenvalue weighted by Crippen LogP contribution is -2.07. The molecule has 0 saturated heterocycles. The summed E-state index contributed by atoms with van der Waals surface area (Å²) in [5.41, 5.74) is 3.56. The molecule has 1 aromatic rings. The SMILES string of the molecule is C#C/C(C(=O)OC)=C(/O)c1ccc(C2CC2)cc1/C(C)=C\C. The van der Waals surface area contributed by atoms with E-state index in [0.29, 0.717) is 11.5 Å². The number of terminal acetylenes is 1. The third-order valence-corrected chi connectivity index (χ3v) is 3.98. The molecule has 114 valence electrons. The lowest BCUT2D eigenvalue weighted by Gasteiger charge is -2.13. The molecule has 0 atom stereocenters. The molecule has 0 aliphatic heterocycles. The summed E-state index contributed by atoms with van der Waals surface area (Å²) in [6.07, 6.45) is 9.72. The van der Waals surface area contributed by atoms with Crippen LogP contribution in [-0.2, 0) is 9.53 Å². The maximum atomic E-state index is 11.7. The van der Waals surface area contributed by atoms with Gasteiger partial charge >= 0.3 is 5.97 Å². The van der Waals surface area contributed by atoms with E-state index >= 15 is 0 Å². The molecule has 3 nitrogen and oxygen atoms in total. The van der Waals surface area contributed by atoms with Gasteiger partial charge in [-0.2, -0.15) is 0 Å². The monoisotopic (exact) mass is 296 g/mol. The van der Waals surface area contributed by atoms with Crippen molar-refractivity contribution in [2.45, 2.75) is 32.6 Å². The number of rotatable bonds is 4. The number of aliphatic hydroxyl groups is 1. The Balaban J connectivity index is 2.61. The predicted molar refractivity (Wildman–Crippen MR) is 88.1 cm³/mol. The van der Waals surface area contributed by atoms with Crippen LogP contribution in [-0.4, -0.2) is 18.2 Å². The molecule has 0 heterocycles. The Morgan fingerprint density at radius 3 is 2.59 bits per heavy atom. The van der Waals surface area contributed by atoms with Crippen molar-refractivity contribution in [2.75, 3.05) is 7.11 Å². The van der Waals surface area contributed by atoms with Crippen LogP contribution in [0.5, 0.6) is 0 Å². The summed E-state index contributed by atoms with van der Waals surface area (Å²) in [5, 5.41) is 10.5. The molecule has 1 saturated carbocycles. The van der Waals surface area contributed by atoms with Crippen LogP contribution in [0.25, 0.3) is 11.3 Å². The number of carbonyl (C=O) groups excluding carboxylic acids is 1. The van der Waals surface area contributed by atoms with Gasteiger partial charge in [0, 0.05) is 5.56 Å². The summed E-state index contributed by atoms with van der Waals surface area (Å²) in [4.78, 5) is 11.7. The van der Waals surface area contributed by atoms with Crippen molar-refractivity contribution in [1.29, 1.82) is 0 Å². The summed E-state index contributed by atoms with van der Waals surface area (Å²) >= 11 is 0. The van der Waals surface area contributed by atoms with Gasteiger partial charge in [0.05, 0.1) is 7.11 Å². The maximum Gasteiger partial charge on any atom is 0.350 e. The zero-order valence-corrected chi connectivity index (χ0v) is 13.1. The number of ether oxygens (including phenoxy) is 1. The van der Waals surface area contributed by atoms with Crippen LogP contribution >= 0.6 is 0 Å². The average Bonchev–Trinajstić information content (AvgIpc) is 3.38. The van der Waals surface area contributed by atoms with Crippen molar-refractivity contribution in [1.82, 2.24) is 0 Å². The van der Waals surface area contributed by atoms with Crippen LogP contribution in [0, 0.1) is 12.3 Å². The lowest BCUT2D eigenvalue weighted by atomic mass is 9.94. The standard InChI is InChI=1S/C19H20O3/c1-5-12(3)17-11-14(13-7-8-13)9-10-16(17)18(20)15(6-2)19(21)22-4/h2,5,9-11,13,20H,7-8H2,1,3-4H3/b12-5-,18-15-. The first kappa shape index (κ1) is 15.9. The predicted octanol–water partition coefficient (Wildman–Crippen LogP) is 4.06. The molecule has 2 rings (SSSR count). The Kier molecular flexibility index (Phi) is 4.72. The van der Waals surface area contributed by atoms with Crippen molar-refractivity contribution in [2.24, 2.45) is 0 Å². The number of hydrogen-bond acceptors (Lipinski definition) is 3. The maximum absolute atomic E-state index is 11.7. The van der Waals surface area contributed by atoms with Crippen LogP contribution < -0.4 is 0 Å². The second-order valence-corrected chi connectivity index (χ2v) is 5.41. The Bertz CT molecular complexity index is 698. The minimum Gasteiger partial charge on any atom is -0.506 e. The first-order valence-electron chi connectivity index (χ1n) is 7.29. The highest BCUT2D eigenvalue weighted by Gasteiger charge is 2.25. The number of carbonyl (C=O) groups is 1. The average molecular weight is 296 g/mol. The molecule has 0 spiro atoms. The molecular formula is C19H20O3. The number of aliphatic hydroxyl groups excluding tert-OH is 1. The summed E-state index contributed by atoms with van der Waals surface area (Å²) in [6.45, 7) is 3.91. The van der Waals surface area contributed by atoms with Crippen LogP contribution in [0.3, 0.4) is 0 Å². The molecular weight excluding hydrogens is 276 g/mol. The number of esters is 1. The molecule has 0 unspecified atom stereocenters. The van der Waals surface area contributed by atoms with E-state index in [0.717, 1.165) is 11.1 Å². The van der Waals surface area contributed by atoms with Gasteiger partial charge in [0.15, 0.2) is 5.57 Å². The Morgan fingerprint density at radius 1 is 1.41 bits per heavy atom. The van der Waals surface area contributed by atoms with Crippen molar-refractivity contribution >= 4 is 17.3 Å². The van der Waals surface area contributed by atoms with E-state index in [1.165, 1.54) is 25.5 Å². The molecule has 1 fully saturated rings. The van der Waals surface area contributed by atoms with Gasteiger partial charge in [0.25, 0.3) is 0 Å². The molecule has 1 aromatic carbocycles. The minimum atomic E-state index is -0.713. The number of benzene rings is 1. The minimum absolute atomic E-state index is 0.160. The summed E-state index contributed by atoms with van der Waals surface area (Å²) < 4.78 is 4.63. The van der Waals surface area contributed by atoms with E-state index in [-0.39, 0.29) is 11.3 Å². The topological polar surface area (TPSA) is 46.5 Å². The Labute approximate surface area is 131 Å². The zero-order valence-electron chi connectivity index (χ0n) is 13.1. The fourth-order valence-corrected chi connectivity index (χ4v) is 2.38. The van der Waals surface area contributed by atoms with Gasteiger partial charge in [-0.1, -0.05) is 30.2 Å². The highest BCUT2D eigenvalue weighted by molar-refractivity contribution is 6.01. The van der Waals surface area contributed by atoms with Crippen LogP contribution in [0.4, 0.5) is 0 Å². The van der Waals surface area contributed by atoms with Crippen molar-refractivity contribution < 1.29 is 14.6 Å². The Hall–Kier alpha value is -2.47. The second-order valence-electron chi connectivity index (χ2n) is 5.41. The van der Waals surface area contributed by atoms with Crippen molar-refractivity contribution in [3.05, 3.63) is 46.5 Å². The molecule has 0 bridgehead atoms. The molecule has 0 radical (unpaired) electrons. The fraction of sp³-hybridized carbons (Fsp3) is 0.316. The largest absolute Gasteiger partial charge is 0.506 e. The fourth-order valence-electron chi connectivity index (χ4n) is 2.38. The third-order valence-electron chi connectivity index (χ3n) is 3.98. The molecule has 3 heteroatoms. The summed E-state index contributed by atoms with van der Waals surface area (Å²) in [6, 6.07) is 5.89. The van der Waals surface area contributed by atoms with Gasteiger partial charge < -0.3 is 9.84 Å². The summed E-state index contributed by atoms with van der Waals surface area (Å²) in [5.74, 6) is 1.90. The van der Waals surface area contributed by atoms with Crippen LogP contribution in [0.1, 0.15) is 49.3 Å². The lowest BCUT2D eigenvalue weighted by molar-refractivity contribution is -0.135. The molecule has 22 heavy (non-hydrogen) atoms. The molecule has 1 aliphatic carbocycles. The number of methoxy groups -OCH3 is 1. The van der Waals surface area contributed by atoms with E-state index in [9.17, 15) is 9.90 Å². The molecule has 1 N–H and O–H groups in total. The van der Waals surface area contributed by atoms with Gasteiger partial charge in [0.2, 0.25) is 0 Å². The quantitative estimate of drug-likeness (QED) is 0.394. The number of hydrogen-bond donors (Lipinski definition) is 1. The van der Waals surface area contributed by atoms with Gasteiger partial charge in [-0.15, -0.1) is 6.42 Å². The number of allylic oxidation sites excluding steroid dienone is 2. The van der Waals surface area contributed by atoms with Crippen LogP contribution in [0.15, 0.2) is 29.8 Å². The highest BCUT2D eigenvalue weighted by atomic mass is 16.5. The summed E-state index contributed by atoms with van der Waals surface area (Å²) in [7, 11) is 1.24. The van der Waals surface area contributed by atoms with Crippen LogP contribution in [0.2, 0.25) is 0 Å². The molecule has 0 aromatic heterocycles. The zero-order chi connectivity index (χ0) is 16.3. The van der Waals surface area contributed by atoms with E-state index in [2.05, 4.69) is 16.7 Å². The van der Waals surface area contributed by atoms with E-state index in [4.69, 9.17) is 6.42 Å². The first-order valence-corrected chi connectivity index (χ1v) is 7.29. The molecule has 1 aliphatic rings. The van der Waals surface area contributed by atoms with Gasteiger partial charge in [-0.25, -0.2) is 4.79 Å². The normalized spacial score (nSPS) is 15.8. The van der Waals surface area contributed by atoms with Gasteiger partial charge in [-0.05, 0) is 49.3 Å². The smallest absolute Gasteiger partial charge is 0.350 e. The van der Waals surface area contributed by atoms with E-state index in [1.54, 1.807) is 0 Å². The first-order chi connectivity index (χ1) is 10.5. The molecule has 0 amide bonds. The van der Waals surface area contributed by atoms with Gasteiger partial charge in [-0.3, -0.25) is 0 Å².